The van der Waals surface area contributed by atoms with Crippen LogP contribution in [0.1, 0.15) is 11.3 Å². The van der Waals surface area contributed by atoms with Gasteiger partial charge in [0.05, 0.1) is 30.2 Å². The number of benzene rings is 1. The zero-order valence-corrected chi connectivity index (χ0v) is 14.2. The molecule has 0 bridgehead atoms. The fourth-order valence-corrected chi connectivity index (χ4v) is 2.54. The predicted octanol–water partition coefficient (Wildman–Crippen LogP) is 1.96. The van der Waals surface area contributed by atoms with E-state index in [1.54, 1.807) is 28.9 Å². The van der Waals surface area contributed by atoms with Crippen LogP contribution in [0.15, 0.2) is 54.9 Å². The molecule has 2 N–H and O–H groups in total. The number of carbonyl (C=O) groups excluding carboxylic acids is 2. The number of rotatable bonds is 6. The molecule has 2 aromatic heterocycles. The molecule has 0 saturated heterocycles. The van der Waals surface area contributed by atoms with Crippen molar-refractivity contribution in [3.8, 4) is 0 Å². The van der Waals surface area contributed by atoms with Gasteiger partial charge < -0.3 is 15.0 Å². The Bertz CT molecular complexity index is 892. The Labute approximate surface area is 149 Å². The van der Waals surface area contributed by atoms with Crippen LogP contribution < -0.4 is 10.6 Å². The molecule has 0 fully saturated rings. The molecular formula is C18H17ClN4O2. The number of fused-ring (bicyclic) bond motifs is 1. The van der Waals surface area contributed by atoms with Gasteiger partial charge in [0.2, 0.25) is 11.8 Å². The number of nitrogens with zero attached hydrogens (tertiary/aromatic N) is 2. The van der Waals surface area contributed by atoms with Gasteiger partial charge in [-0.3, -0.25) is 9.59 Å². The number of imidazole rings is 1. The van der Waals surface area contributed by atoms with Crippen LogP contribution in [0.5, 0.6) is 0 Å². The van der Waals surface area contributed by atoms with E-state index in [1.165, 1.54) is 0 Å². The summed E-state index contributed by atoms with van der Waals surface area (Å²) in [6, 6.07) is 12.9. The summed E-state index contributed by atoms with van der Waals surface area (Å²) in [6.45, 7) is 0.220. The van der Waals surface area contributed by atoms with Gasteiger partial charge in [-0.15, -0.1) is 0 Å². The molecule has 2 amide bonds. The highest BCUT2D eigenvalue weighted by molar-refractivity contribution is 6.30. The Morgan fingerprint density at radius 3 is 2.60 bits per heavy atom. The van der Waals surface area contributed by atoms with Gasteiger partial charge in [-0.05, 0) is 17.7 Å². The van der Waals surface area contributed by atoms with Crippen LogP contribution in [0.2, 0.25) is 5.02 Å². The summed E-state index contributed by atoms with van der Waals surface area (Å²) in [5.41, 5.74) is 2.37. The fourth-order valence-electron chi connectivity index (χ4n) is 2.38. The van der Waals surface area contributed by atoms with E-state index < -0.39 is 0 Å². The second kappa shape index (κ2) is 7.81. The van der Waals surface area contributed by atoms with E-state index in [1.807, 2.05) is 30.3 Å². The molecule has 128 valence electrons. The highest BCUT2D eigenvalue weighted by atomic mass is 35.5. The van der Waals surface area contributed by atoms with Crippen molar-refractivity contribution in [3.63, 3.8) is 0 Å². The van der Waals surface area contributed by atoms with E-state index in [0.717, 1.165) is 11.2 Å². The lowest BCUT2D eigenvalue weighted by Crippen LogP contribution is -2.37. The summed E-state index contributed by atoms with van der Waals surface area (Å²) in [6.07, 6.45) is 3.80. The molecule has 0 radical (unpaired) electrons. The van der Waals surface area contributed by atoms with E-state index >= 15 is 0 Å². The van der Waals surface area contributed by atoms with Crippen molar-refractivity contribution in [2.45, 2.75) is 13.0 Å². The minimum absolute atomic E-state index is 0.0646. The van der Waals surface area contributed by atoms with Crippen molar-refractivity contribution in [3.05, 3.63) is 71.1 Å². The van der Waals surface area contributed by atoms with Gasteiger partial charge in [-0.2, -0.15) is 0 Å². The summed E-state index contributed by atoms with van der Waals surface area (Å²) in [5.74, 6) is -0.458. The lowest BCUT2D eigenvalue weighted by molar-refractivity contribution is -0.125. The number of carbonyl (C=O) groups is 2. The van der Waals surface area contributed by atoms with Gasteiger partial charge in [0.25, 0.3) is 0 Å². The molecule has 25 heavy (non-hydrogen) atoms. The quantitative estimate of drug-likeness (QED) is 0.709. The van der Waals surface area contributed by atoms with Gasteiger partial charge in [-0.25, -0.2) is 4.98 Å². The molecule has 7 heteroatoms. The van der Waals surface area contributed by atoms with Crippen molar-refractivity contribution < 1.29 is 9.59 Å². The first-order valence-corrected chi connectivity index (χ1v) is 8.18. The number of amides is 2. The van der Waals surface area contributed by atoms with Crippen LogP contribution in [-0.4, -0.2) is 27.7 Å². The topological polar surface area (TPSA) is 75.5 Å². The summed E-state index contributed by atoms with van der Waals surface area (Å²) in [5, 5.41) is 5.95. The minimum Gasteiger partial charge on any atom is -0.349 e. The number of nitrogens with one attached hydrogen (secondary N) is 2. The zero-order valence-electron chi connectivity index (χ0n) is 13.4. The smallest absolute Gasteiger partial charge is 0.239 e. The van der Waals surface area contributed by atoms with Crippen LogP contribution in [0.25, 0.3) is 5.65 Å². The number of pyridine rings is 1. The zero-order chi connectivity index (χ0) is 17.6. The largest absolute Gasteiger partial charge is 0.349 e. The Kier molecular flexibility index (Phi) is 5.30. The highest BCUT2D eigenvalue weighted by Crippen LogP contribution is 2.11. The van der Waals surface area contributed by atoms with Gasteiger partial charge in [0.1, 0.15) is 5.65 Å². The SMILES string of the molecule is O=C(CNC(=O)Cc1ccccc1)NCc1cn2cc(Cl)ccc2n1. The van der Waals surface area contributed by atoms with E-state index in [4.69, 9.17) is 11.6 Å². The molecule has 1 aromatic carbocycles. The molecule has 0 spiro atoms. The number of hydrogen-bond donors (Lipinski definition) is 2. The van der Waals surface area contributed by atoms with E-state index in [-0.39, 0.29) is 31.3 Å². The van der Waals surface area contributed by atoms with Crippen molar-refractivity contribution in [2.75, 3.05) is 6.54 Å². The van der Waals surface area contributed by atoms with Crippen molar-refractivity contribution >= 4 is 29.1 Å². The molecule has 0 saturated carbocycles. The Morgan fingerprint density at radius 2 is 1.80 bits per heavy atom. The maximum Gasteiger partial charge on any atom is 0.239 e. The molecule has 0 aliphatic carbocycles. The second-order valence-corrected chi connectivity index (χ2v) is 6.00. The van der Waals surface area contributed by atoms with Crippen LogP contribution >= 0.6 is 11.6 Å². The van der Waals surface area contributed by atoms with Crippen LogP contribution in [0.4, 0.5) is 0 Å². The molecule has 3 aromatic rings. The number of halogens is 1. The maximum absolute atomic E-state index is 11.9. The maximum atomic E-state index is 11.9. The third-order valence-electron chi connectivity index (χ3n) is 3.59. The minimum atomic E-state index is -0.267. The van der Waals surface area contributed by atoms with Crippen LogP contribution in [0.3, 0.4) is 0 Å². The predicted molar refractivity (Wildman–Crippen MR) is 95.2 cm³/mol. The average molecular weight is 357 g/mol. The van der Waals surface area contributed by atoms with Gasteiger partial charge >= 0.3 is 0 Å². The Hall–Kier alpha value is -2.86. The van der Waals surface area contributed by atoms with Crippen molar-refractivity contribution in [1.82, 2.24) is 20.0 Å². The summed E-state index contributed by atoms with van der Waals surface area (Å²) in [7, 11) is 0. The monoisotopic (exact) mass is 356 g/mol. The highest BCUT2D eigenvalue weighted by Gasteiger charge is 2.08. The van der Waals surface area contributed by atoms with E-state index in [9.17, 15) is 9.59 Å². The summed E-state index contributed by atoms with van der Waals surface area (Å²) >= 11 is 5.93. The lowest BCUT2D eigenvalue weighted by Gasteiger charge is -2.06. The summed E-state index contributed by atoms with van der Waals surface area (Å²) in [4.78, 5) is 28.1. The molecule has 0 aliphatic rings. The molecule has 0 atom stereocenters. The third kappa shape index (κ3) is 4.81. The first-order valence-electron chi connectivity index (χ1n) is 7.80. The Balaban J connectivity index is 1.45. The number of aromatic nitrogens is 2. The molecule has 0 unspecified atom stereocenters. The Morgan fingerprint density at radius 1 is 1.00 bits per heavy atom. The van der Waals surface area contributed by atoms with Gasteiger partial charge in [0.15, 0.2) is 0 Å². The average Bonchev–Trinajstić information content (AvgIpc) is 3.01. The lowest BCUT2D eigenvalue weighted by atomic mass is 10.1. The van der Waals surface area contributed by atoms with Gasteiger partial charge in [-0.1, -0.05) is 41.9 Å². The van der Waals surface area contributed by atoms with Crippen molar-refractivity contribution in [1.29, 1.82) is 0 Å². The van der Waals surface area contributed by atoms with E-state index in [0.29, 0.717) is 10.7 Å². The first-order chi connectivity index (χ1) is 12.1. The molecule has 3 rings (SSSR count). The number of hydrogen-bond acceptors (Lipinski definition) is 3. The standard InChI is InChI=1S/C18H17ClN4O2/c19-14-6-7-16-22-15(12-23(16)11-14)9-20-18(25)10-21-17(24)8-13-4-2-1-3-5-13/h1-7,11-12H,8-10H2,(H,20,25)(H,21,24). The molecular weight excluding hydrogens is 340 g/mol. The van der Waals surface area contributed by atoms with Crippen LogP contribution in [0, 0.1) is 0 Å². The van der Waals surface area contributed by atoms with Crippen molar-refractivity contribution in [2.24, 2.45) is 0 Å². The molecule has 6 nitrogen and oxygen atoms in total. The van der Waals surface area contributed by atoms with E-state index in [2.05, 4.69) is 15.6 Å². The second-order valence-electron chi connectivity index (χ2n) is 5.56. The summed E-state index contributed by atoms with van der Waals surface area (Å²) < 4.78 is 1.80. The first kappa shape index (κ1) is 17.0. The van der Waals surface area contributed by atoms with Gasteiger partial charge in [0, 0.05) is 12.4 Å². The molecule has 0 aliphatic heterocycles. The van der Waals surface area contributed by atoms with Crippen LogP contribution in [-0.2, 0) is 22.6 Å². The third-order valence-corrected chi connectivity index (χ3v) is 3.81. The molecule has 2 heterocycles. The normalized spacial score (nSPS) is 10.6. The fraction of sp³-hybridized carbons (Fsp3) is 0.167.